The molecular weight excluding hydrogens is 769 g/mol. The fourth-order valence-electron chi connectivity index (χ4n) is 8.86. The minimum Gasteiger partial charge on any atom is -0.507 e. The normalized spacial score (nSPS) is 21.0. The molecule has 0 aromatic heterocycles. The Kier molecular flexibility index (Phi) is 18.6. The van der Waals surface area contributed by atoms with Crippen LogP contribution < -0.4 is 0 Å². The van der Waals surface area contributed by atoms with E-state index in [1.54, 1.807) is 5.71 Å². The molecular formula is C49H76CoN3O5+. The van der Waals surface area contributed by atoms with Crippen LogP contribution in [-0.2, 0) is 39.4 Å². The molecule has 2 aromatic carbocycles. The molecule has 1 aliphatic heterocycles. The number of aliphatic imine (C=N–C) groups is 2. The Balaban J connectivity index is 0.00000172. The van der Waals surface area contributed by atoms with Crippen molar-refractivity contribution in [3.63, 3.8) is 0 Å². The van der Waals surface area contributed by atoms with Crippen molar-refractivity contribution in [3.05, 3.63) is 57.6 Å². The van der Waals surface area contributed by atoms with Crippen LogP contribution in [-0.4, -0.2) is 74.5 Å². The summed E-state index contributed by atoms with van der Waals surface area (Å²) in [4.78, 5) is 18.8. The Bertz CT molecular complexity index is 1740. The van der Waals surface area contributed by atoms with Crippen molar-refractivity contribution < 1.29 is 46.6 Å². The number of hydrogen-bond acceptors (Lipinski definition) is 5. The van der Waals surface area contributed by atoms with Crippen molar-refractivity contribution in [1.82, 2.24) is 0 Å². The van der Waals surface area contributed by atoms with Gasteiger partial charge in [0.05, 0.1) is 12.1 Å². The number of nitrogens with zero attached hydrogens (tertiary/aromatic N) is 3. The van der Waals surface area contributed by atoms with E-state index >= 15 is 0 Å². The van der Waals surface area contributed by atoms with E-state index in [0.29, 0.717) is 11.5 Å². The van der Waals surface area contributed by atoms with E-state index in [1.807, 2.05) is 12.4 Å². The summed E-state index contributed by atoms with van der Waals surface area (Å²) >= 11 is 0. The van der Waals surface area contributed by atoms with Gasteiger partial charge >= 0.3 is 6.16 Å². The van der Waals surface area contributed by atoms with Gasteiger partial charge in [-0.25, -0.2) is 9.37 Å². The van der Waals surface area contributed by atoms with Crippen LogP contribution in [0.3, 0.4) is 0 Å². The molecule has 0 bridgehead atoms. The number of carbonyl (C=O) groups is 1. The first-order chi connectivity index (χ1) is 26.8. The van der Waals surface area contributed by atoms with Gasteiger partial charge in [-0.2, -0.15) is 0 Å². The first-order valence-corrected chi connectivity index (χ1v) is 22.1. The van der Waals surface area contributed by atoms with Crippen molar-refractivity contribution in [1.29, 1.82) is 0 Å². The van der Waals surface area contributed by atoms with E-state index in [9.17, 15) is 10.2 Å². The van der Waals surface area contributed by atoms with Crippen molar-refractivity contribution >= 4 is 24.3 Å². The second kappa shape index (κ2) is 21.9. The summed E-state index contributed by atoms with van der Waals surface area (Å²) in [5.41, 5.74) is 7.58. The third kappa shape index (κ3) is 14.5. The molecule has 4 N–H and O–H groups in total. The van der Waals surface area contributed by atoms with Gasteiger partial charge in [-0.3, -0.25) is 9.98 Å². The summed E-state index contributed by atoms with van der Waals surface area (Å²) in [5.74, 6) is 1.54. The summed E-state index contributed by atoms with van der Waals surface area (Å²) in [5, 5.41) is 37.0. The summed E-state index contributed by atoms with van der Waals surface area (Å²) < 4.78 is 2.76. The van der Waals surface area contributed by atoms with Gasteiger partial charge < -0.3 is 20.4 Å². The molecule has 9 heteroatoms. The van der Waals surface area contributed by atoms with Crippen molar-refractivity contribution in [2.75, 3.05) is 13.1 Å². The van der Waals surface area contributed by atoms with Gasteiger partial charge in [0.15, 0.2) is 5.71 Å². The quantitative estimate of drug-likeness (QED) is 0.114. The van der Waals surface area contributed by atoms with Crippen LogP contribution in [0.25, 0.3) is 0 Å². The van der Waals surface area contributed by atoms with Crippen LogP contribution in [0.2, 0.25) is 0 Å². The number of phenolic OH excluding ortho intramolecular Hbond substituents is 2. The number of unbranched alkanes of at least 4 members (excludes halogenated alkanes) is 1. The number of fused-ring (bicyclic) bond motifs is 1. The molecule has 3 aliphatic rings. The van der Waals surface area contributed by atoms with E-state index in [2.05, 4.69) is 91.2 Å². The SMILES string of the molecule is CC(C)(C)c1cc(C=NC2CCCCC2N=Cc2cc(C(C)(C)C)cc(C(C)(C)C)c2O)c(O)c(CCCC[N+]2=C3CCCCCCCC3CCC2)c1.O=C(O)O.[Co]. The summed E-state index contributed by atoms with van der Waals surface area (Å²) in [6.45, 7) is 22.3. The molecule has 0 amide bonds. The Morgan fingerprint density at radius 2 is 1.17 bits per heavy atom. The van der Waals surface area contributed by atoms with Crippen molar-refractivity contribution in [2.45, 2.75) is 193 Å². The third-order valence-electron chi connectivity index (χ3n) is 12.4. The fourth-order valence-corrected chi connectivity index (χ4v) is 8.86. The Morgan fingerprint density at radius 3 is 1.74 bits per heavy atom. The maximum absolute atomic E-state index is 11.7. The van der Waals surface area contributed by atoms with Gasteiger partial charge in [-0.1, -0.05) is 113 Å². The second-order valence-corrected chi connectivity index (χ2v) is 20.1. The zero-order valence-corrected chi connectivity index (χ0v) is 38.3. The van der Waals surface area contributed by atoms with Crippen LogP contribution in [0, 0.1) is 5.92 Å². The predicted octanol–water partition coefficient (Wildman–Crippen LogP) is 12.0. The van der Waals surface area contributed by atoms with E-state index in [0.717, 1.165) is 79.7 Å². The maximum atomic E-state index is 11.7. The molecule has 1 radical (unpaired) electrons. The molecule has 325 valence electrons. The Morgan fingerprint density at radius 1 is 0.672 bits per heavy atom. The zero-order chi connectivity index (χ0) is 42.0. The standard InChI is InChI=1S/C48H73N3O2.CH2O3.Co/c1-46(2,3)38-28-35(21-17-18-26-51-27-19-22-34-20-13-11-10-12-14-25-43(34)51)44(52)36(29-38)32-49-41-23-15-16-24-42(41)50-33-37-30-39(47(4,5)6)31-40(45(37)53)48(7,8)9;2-1(3)4;/h28-34,41-42H,10-27H2,1-9H3,(H-,49,50,52,53);(H2,2,3,4);/p+1. The minimum absolute atomic E-state index is 0. The summed E-state index contributed by atoms with van der Waals surface area (Å²) in [6.07, 6.45) is 21.7. The third-order valence-corrected chi connectivity index (χ3v) is 12.4. The van der Waals surface area contributed by atoms with Gasteiger partial charge in [-0.05, 0) is 90.0 Å². The largest absolute Gasteiger partial charge is 0.507 e. The number of phenols is 2. The van der Waals surface area contributed by atoms with Gasteiger partial charge in [0.25, 0.3) is 0 Å². The van der Waals surface area contributed by atoms with E-state index < -0.39 is 6.16 Å². The number of benzene rings is 2. The molecule has 1 heterocycles. The topological polar surface area (TPSA) is 126 Å². The zero-order valence-electron chi connectivity index (χ0n) is 37.3. The average Bonchev–Trinajstić information content (AvgIpc) is 3.24. The van der Waals surface area contributed by atoms with Crippen LogP contribution in [0.5, 0.6) is 11.5 Å². The number of rotatable bonds is 9. The first-order valence-electron chi connectivity index (χ1n) is 22.1. The van der Waals surface area contributed by atoms with E-state index in [1.165, 1.54) is 75.5 Å². The minimum atomic E-state index is -1.83. The molecule has 58 heavy (non-hydrogen) atoms. The molecule has 5 rings (SSSR count). The fraction of sp³-hybridized carbons (Fsp3) is 0.673. The molecule has 3 unspecified atom stereocenters. The summed E-state index contributed by atoms with van der Waals surface area (Å²) in [7, 11) is 0. The van der Waals surface area contributed by atoms with Crippen LogP contribution in [0.4, 0.5) is 4.79 Å². The Hall–Kier alpha value is -3.17. The molecule has 8 nitrogen and oxygen atoms in total. The van der Waals surface area contributed by atoms with Crippen molar-refractivity contribution in [2.24, 2.45) is 15.9 Å². The summed E-state index contributed by atoms with van der Waals surface area (Å²) in [6, 6.07) is 8.74. The average molecular weight is 846 g/mol. The molecule has 2 aromatic rings. The molecule has 2 saturated carbocycles. The van der Waals surface area contributed by atoms with Crippen LogP contribution >= 0.6 is 0 Å². The molecule has 2 aliphatic carbocycles. The number of aryl methyl sites for hydroxylation is 1. The second-order valence-electron chi connectivity index (χ2n) is 20.1. The van der Waals surface area contributed by atoms with Gasteiger partial charge in [0, 0.05) is 71.1 Å². The monoisotopic (exact) mass is 846 g/mol. The number of carboxylic acid groups (broad SMARTS) is 2. The van der Waals surface area contributed by atoms with Gasteiger partial charge in [0.2, 0.25) is 0 Å². The van der Waals surface area contributed by atoms with E-state index in [-0.39, 0.29) is 45.1 Å². The predicted molar refractivity (Wildman–Crippen MR) is 237 cm³/mol. The smallest absolute Gasteiger partial charge is 0.503 e. The number of aromatic hydroxyl groups is 2. The molecule has 0 saturated heterocycles. The number of hydrogen-bond donors (Lipinski definition) is 4. The van der Waals surface area contributed by atoms with Crippen molar-refractivity contribution in [3.8, 4) is 11.5 Å². The van der Waals surface area contributed by atoms with Gasteiger partial charge in [-0.15, -0.1) is 0 Å². The van der Waals surface area contributed by atoms with E-state index in [4.69, 9.17) is 25.0 Å². The van der Waals surface area contributed by atoms with Gasteiger partial charge in [0.1, 0.15) is 24.6 Å². The molecule has 3 atom stereocenters. The molecule has 0 spiro atoms. The first kappa shape index (κ1) is 49.2. The van der Waals surface area contributed by atoms with Crippen LogP contribution in [0.1, 0.15) is 192 Å². The van der Waals surface area contributed by atoms with Crippen LogP contribution in [0.15, 0.2) is 34.3 Å². The molecule has 2 fully saturated rings. The Labute approximate surface area is 361 Å². The maximum Gasteiger partial charge on any atom is 0.503 e.